The van der Waals surface area contributed by atoms with Crippen LogP contribution in [-0.2, 0) is 14.3 Å². The normalized spacial score (nSPS) is 20.9. The van der Waals surface area contributed by atoms with Crippen molar-refractivity contribution in [2.75, 3.05) is 13.2 Å². The van der Waals surface area contributed by atoms with Gasteiger partial charge in [0.2, 0.25) is 5.91 Å². The lowest BCUT2D eigenvalue weighted by Gasteiger charge is -2.40. The maximum Gasteiger partial charge on any atom is 0.220 e. The second-order valence-corrected chi connectivity index (χ2v) is 17.2. The van der Waals surface area contributed by atoms with Crippen LogP contribution in [0.25, 0.3) is 0 Å². The quantitative estimate of drug-likeness (QED) is 0.0262. The fraction of sp³-hybridized carbons (Fsp3) is 0.603. The molecule has 1 aliphatic heterocycles. The van der Waals surface area contributed by atoms with Gasteiger partial charge in [-0.2, -0.15) is 0 Å². The number of carbonyl (C=O) groups excluding carboxylic acids is 1. The lowest BCUT2D eigenvalue weighted by molar-refractivity contribution is -0.302. The van der Waals surface area contributed by atoms with Gasteiger partial charge in [-0.15, -0.1) is 0 Å². The Bertz CT molecular complexity index is 1500. The minimum atomic E-state index is -1.58. The zero-order valence-electron chi connectivity index (χ0n) is 41.6. The highest BCUT2D eigenvalue weighted by Gasteiger charge is 2.44. The zero-order valence-corrected chi connectivity index (χ0v) is 41.6. The highest BCUT2D eigenvalue weighted by molar-refractivity contribution is 5.76. The van der Waals surface area contributed by atoms with E-state index >= 15 is 0 Å². The number of rotatable bonds is 41. The Morgan fingerprint density at radius 1 is 0.522 bits per heavy atom. The molecule has 0 aromatic heterocycles. The van der Waals surface area contributed by atoms with Gasteiger partial charge in [0, 0.05) is 6.42 Å². The summed E-state index contributed by atoms with van der Waals surface area (Å²) < 4.78 is 11.1. The Hall–Kier alpha value is -3.67. The molecule has 9 nitrogen and oxygen atoms in total. The third-order valence-corrected chi connectivity index (χ3v) is 11.2. The number of hydrogen-bond acceptors (Lipinski definition) is 8. The molecule has 0 saturated carbocycles. The number of hydrogen-bond donors (Lipinski definition) is 6. The average molecular weight is 932 g/mol. The van der Waals surface area contributed by atoms with Gasteiger partial charge in [-0.1, -0.05) is 199 Å². The van der Waals surface area contributed by atoms with Crippen LogP contribution in [0, 0.1) is 0 Å². The van der Waals surface area contributed by atoms with E-state index in [0.717, 1.165) is 116 Å². The van der Waals surface area contributed by atoms with Crippen LogP contribution in [-0.4, -0.2) is 87.5 Å². The molecule has 0 aromatic carbocycles. The number of amides is 1. The average Bonchev–Trinajstić information content (AvgIpc) is 3.33. The Labute approximate surface area is 407 Å². The van der Waals surface area contributed by atoms with Gasteiger partial charge in [0.25, 0.3) is 0 Å². The van der Waals surface area contributed by atoms with Gasteiger partial charge in [0.1, 0.15) is 24.4 Å². The monoisotopic (exact) mass is 932 g/mol. The molecule has 67 heavy (non-hydrogen) atoms. The number of unbranched alkanes of at least 4 members (excludes halogenated alkanes) is 11. The lowest BCUT2D eigenvalue weighted by Crippen LogP contribution is -2.60. The Kier molecular flexibility index (Phi) is 42.2. The number of aliphatic hydroxyl groups excluding tert-OH is 5. The molecule has 0 aromatic rings. The molecule has 0 bridgehead atoms. The van der Waals surface area contributed by atoms with Crippen LogP contribution in [0.4, 0.5) is 0 Å². The summed E-state index contributed by atoms with van der Waals surface area (Å²) in [6.45, 7) is 3.50. The number of ether oxygens (including phenoxy) is 2. The first kappa shape index (κ1) is 61.3. The van der Waals surface area contributed by atoms with E-state index in [1.165, 1.54) is 32.1 Å². The lowest BCUT2D eigenvalue weighted by atomic mass is 9.99. The highest BCUT2D eigenvalue weighted by atomic mass is 16.7. The van der Waals surface area contributed by atoms with Crippen molar-refractivity contribution >= 4 is 5.91 Å². The SMILES string of the molecule is CC/C=C\C/C=C\C/C=C\C/C=C\C/C=C\C/C=C\C/C=C\C/C=C\C/C=C\CCCCCCCCCCCC(=O)NC(COC1OC(CO)C(O)C(O)C1O)C(O)/C=C/CC/C=C/CCC. The first-order chi connectivity index (χ1) is 32.8. The Balaban J connectivity index is 2.12. The van der Waals surface area contributed by atoms with Gasteiger partial charge < -0.3 is 40.3 Å². The summed E-state index contributed by atoms with van der Waals surface area (Å²) in [5.41, 5.74) is 0. The maximum absolute atomic E-state index is 12.9. The molecular weight excluding hydrogens is 839 g/mol. The van der Waals surface area contributed by atoms with E-state index in [-0.39, 0.29) is 12.5 Å². The van der Waals surface area contributed by atoms with Gasteiger partial charge in [0.15, 0.2) is 6.29 Å². The molecule has 7 atom stereocenters. The summed E-state index contributed by atoms with van der Waals surface area (Å²) in [4.78, 5) is 12.9. The van der Waals surface area contributed by atoms with Crippen molar-refractivity contribution < 1.29 is 39.8 Å². The van der Waals surface area contributed by atoms with Crippen molar-refractivity contribution in [3.8, 4) is 0 Å². The number of nitrogens with one attached hydrogen (secondary N) is 1. The first-order valence-electron chi connectivity index (χ1n) is 25.9. The minimum Gasteiger partial charge on any atom is -0.394 e. The Morgan fingerprint density at radius 3 is 1.42 bits per heavy atom. The van der Waals surface area contributed by atoms with Crippen molar-refractivity contribution in [2.24, 2.45) is 0 Å². The maximum atomic E-state index is 12.9. The summed E-state index contributed by atoms with van der Waals surface area (Å²) in [6.07, 6.45) is 64.1. The second-order valence-electron chi connectivity index (χ2n) is 17.2. The first-order valence-corrected chi connectivity index (χ1v) is 25.9. The molecule has 7 unspecified atom stereocenters. The molecule has 378 valence electrons. The van der Waals surface area contributed by atoms with Crippen LogP contribution in [0.1, 0.15) is 168 Å². The van der Waals surface area contributed by atoms with E-state index < -0.39 is 49.5 Å². The molecule has 1 rings (SSSR count). The van der Waals surface area contributed by atoms with Crippen LogP contribution in [0.3, 0.4) is 0 Å². The number of carbonyl (C=O) groups is 1. The van der Waals surface area contributed by atoms with Crippen molar-refractivity contribution in [1.82, 2.24) is 5.32 Å². The molecule has 1 fully saturated rings. The molecule has 1 heterocycles. The van der Waals surface area contributed by atoms with Gasteiger partial charge in [-0.25, -0.2) is 0 Å². The van der Waals surface area contributed by atoms with Crippen molar-refractivity contribution in [3.63, 3.8) is 0 Å². The van der Waals surface area contributed by atoms with Crippen molar-refractivity contribution in [3.05, 3.63) is 134 Å². The molecule has 1 saturated heterocycles. The molecule has 0 spiro atoms. The predicted octanol–water partition coefficient (Wildman–Crippen LogP) is 12.2. The van der Waals surface area contributed by atoms with Crippen LogP contribution < -0.4 is 5.32 Å². The highest BCUT2D eigenvalue weighted by Crippen LogP contribution is 2.22. The van der Waals surface area contributed by atoms with E-state index in [2.05, 4.69) is 141 Å². The number of allylic oxidation sites excluding steroid dienone is 21. The zero-order chi connectivity index (χ0) is 48.7. The number of aliphatic hydroxyl groups is 5. The summed E-state index contributed by atoms with van der Waals surface area (Å²) >= 11 is 0. The van der Waals surface area contributed by atoms with Crippen LogP contribution >= 0.6 is 0 Å². The van der Waals surface area contributed by atoms with Crippen LogP contribution in [0.15, 0.2) is 134 Å². The van der Waals surface area contributed by atoms with Gasteiger partial charge in [-0.3, -0.25) is 4.79 Å². The summed E-state index contributed by atoms with van der Waals surface area (Å²) in [5.74, 6) is -0.206. The van der Waals surface area contributed by atoms with Crippen LogP contribution in [0.5, 0.6) is 0 Å². The van der Waals surface area contributed by atoms with Gasteiger partial charge in [0.05, 0.1) is 25.4 Å². The molecule has 0 radical (unpaired) electrons. The van der Waals surface area contributed by atoms with Crippen LogP contribution in [0.2, 0.25) is 0 Å². The molecule has 9 heteroatoms. The third-order valence-electron chi connectivity index (χ3n) is 11.2. The van der Waals surface area contributed by atoms with E-state index in [4.69, 9.17) is 9.47 Å². The summed E-state index contributed by atoms with van der Waals surface area (Å²) in [6, 6.07) is -0.831. The van der Waals surface area contributed by atoms with E-state index in [1.807, 2.05) is 6.08 Å². The summed E-state index contributed by atoms with van der Waals surface area (Å²) in [5, 5.41) is 53.9. The fourth-order valence-corrected chi connectivity index (χ4v) is 7.11. The smallest absolute Gasteiger partial charge is 0.220 e. The predicted molar refractivity (Wildman–Crippen MR) is 280 cm³/mol. The molecule has 0 aliphatic carbocycles. The van der Waals surface area contributed by atoms with Gasteiger partial charge in [-0.05, 0) is 96.3 Å². The second kappa shape index (κ2) is 46.1. The standard InChI is InChI=1S/C58H93NO8/c1-3-5-7-9-11-12-13-14-15-16-17-18-19-20-21-22-23-24-25-26-27-28-29-30-31-32-33-34-35-36-37-38-39-40-42-44-46-48-54(62)59-51(52(61)47-45-43-41-10-8-6-4-2)50-66-58-57(65)56(64)55(63)53(49-60)67-58/h5,7-8,10-12,14-15,17-18,20-21,23-24,26-27,29-30,32-33,45,47,51-53,55-58,60-61,63-65H,3-4,6,9,13,16,19,22,25,28,31,34-44,46,48-50H2,1-2H3,(H,59,62)/b7-5-,10-8+,12-11-,15-14-,18-17-,21-20-,24-23-,27-26-,30-29-,33-32-,47-45+. The largest absolute Gasteiger partial charge is 0.394 e. The molecule has 1 aliphatic rings. The van der Waals surface area contributed by atoms with E-state index in [9.17, 15) is 30.3 Å². The topological polar surface area (TPSA) is 149 Å². The van der Waals surface area contributed by atoms with E-state index in [1.54, 1.807) is 6.08 Å². The molecule has 6 N–H and O–H groups in total. The third kappa shape index (κ3) is 36.0. The van der Waals surface area contributed by atoms with Gasteiger partial charge >= 0.3 is 0 Å². The van der Waals surface area contributed by atoms with Crippen molar-refractivity contribution in [1.29, 1.82) is 0 Å². The Morgan fingerprint density at radius 2 is 0.940 bits per heavy atom. The van der Waals surface area contributed by atoms with Crippen molar-refractivity contribution in [2.45, 2.75) is 211 Å². The summed E-state index contributed by atoms with van der Waals surface area (Å²) in [7, 11) is 0. The molecular formula is C58H93NO8. The van der Waals surface area contributed by atoms with E-state index in [0.29, 0.717) is 6.42 Å². The minimum absolute atomic E-state index is 0.206. The fourth-order valence-electron chi connectivity index (χ4n) is 7.11. The molecule has 1 amide bonds.